The van der Waals surface area contributed by atoms with Gasteiger partial charge in [-0.3, -0.25) is 4.90 Å². The Morgan fingerprint density at radius 2 is 1.78 bits per heavy atom. The maximum absolute atomic E-state index is 5.57. The normalized spacial score (nSPS) is 20.0. The van der Waals surface area contributed by atoms with Crippen molar-refractivity contribution >= 4 is 27.8 Å². The summed E-state index contributed by atoms with van der Waals surface area (Å²) in [4.78, 5) is 16.7. The van der Waals surface area contributed by atoms with E-state index in [0.29, 0.717) is 18.6 Å². The van der Waals surface area contributed by atoms with Crippen LogP contribution in [0, 0.1) is 6.92 Å². The van der Waals surface area contributed by atoms with Gasteiger partial charge in [-0.1, -0.05) is 12.1 Å². The molecular weight excluding hydrogens is 514 g/mol. The Bertz CT molecular complexity index is 1640. The number of aryl methyl sites for hydroxylation is 1. The monoisotopic (exact) mass is 551 g/mol. The number of benzene rings is 2. The highest BCUT2D eigenvalue weighted by molar-refractivity contribution is 6.12. The number of anilines is 1. The molecule has 0 unspecified atom stereocenters. The third-order valence-corrected chi connectivity index (χ3v) is 8.73. The van der Waals surface area contributed by atoms with Crippen LogP contribution in [0.3, 0.4) is 0 Å². The highest BCUT2D eigenvalue weighted by atomic mass is 16.5. The molecule has 0 spiro atoms. The predicted octanol–water partition coefficient (Wildman–Crippen LogP) is 5.19. The Morgan fingerprint density at radius 3 is 2.51 bits per heavy atom. The molecule has 7 rings (SSSR count). The van der Waals surface area contributed by atoms with E-state index in [1.807, 2.05) is 25.4 Å². The molecule has 0 bridgehead atoms. The summed E-state index contributed by atoms with van der Waals surface area (Å²) >= 11 is 0. The van der Waals surface area contributed by atoms with Crippen LogP contribution in [0.4, 0.5) is 5.82 Å². The van der Waals surface area contributed by atoms with Crippen LogP contribution in [-0.2, 0) is 11.3 Å². The molecule has 212 valence electrons. The molecular formula is C32H37N7O2. The molecule has 9 nitrogen and oxygen atoms in total. The minimum absolute atomic E-state index is 0.393. The van der Waals surface area contributed by atoms with Gasteiger partial charge in [0.2, 0.25) is 0 Å². The third-order valence-electron chi connectivity index (χ3n) is 8.73. The van der Waals surface area contributed by atoms with E-state index >= 15 is 0 Å². The number of aromatic nitrogens is 5. The van der Waals surface area contributed by atoms with Crippen LogP contribution >= 0.6 is 0 Å². The molecule has 1 aliphatic heterocycles. The molecule has 1 saturated heterocycles. The van der Waals surface area contributed by atoms with E-state index in [4.69, 9.17) is 19.4 Å². The highest BCUT2D eigenvalue weighted by Gasteiger charge is 2.28. The van der Waals surface area contributed by atoms with Crippen LogP contribution in [0.5, 0.6) is 5.75 Å². The maximum atomic E-state index is 5.57. The van der Waals surface area contributed by atoms with Crippen molar-refractivity contribution in [3.05, 3.63) is 72.6 Å². The summed E-state index contributed by atoms with van der Waals surface area (Å²) in [5.41, 5.74) is 5.33. The molecule has 5 aromatic rings. The van der Waals surface area contributed by atoms with Gasteiger partial charge >= 0.3 is 0 Å². The van der Waals surface area contributed by atoms with Gasteiger partial charge in [0.05, 0.1) is 43.2 Å². The molecule has 0 radical (unpaired) electrons. The molecule has 4 heterocycles. The number of morpholine rings is 1. The fourth-order valence-corrected chi connectivity index (χ4v) is 6.53. The lowest BCUT2D eigenvalue weighted by molar-refractivity contribution is 0.00791. The number of hydrogen-bond donors (Lipinski definition) is 1. The van der Waals surface area contributed by atoms with Crippen LogP contribution in [0.1, 0.15) is 36.9 Å². The molecule has 2 aromatic carbocycles. The Balaban J connectivity index is 1.24. The van der Waals surface area contributed by atoms with Gasteiger partial charge in [-0.2, -0.15) is 0 Å². The minimum atomic E-state index is 0.393. The Kier molecular flexibility index (Phi) is 7.06. The average molecular weight is 552 g/mol. The predicted molar refractivity (Wildman–Crippen MR) is 161 cm³/mol. The highest BCUT2D eigenvalue weighted by Crippen LogP contribution is 2.36. The molecule has 1 aliphatic carbocycles. The first-order valence-electron chi connectivity index (χ1n) is 14.7. The molecule has 2 fully saturated rings. The first kappa shape index (κ1) is 26.0. The average Bonchev–Trinajstić information content (AvgIpc) is 3.60. The largest absolute Gasteiger partial charge is 0.497 e. The van der Waals surface area contributed by atoms with E-state index in [2.05, 4.69) is 60.9 Å². The summed E-state index contributed by atoms with van der Waals surface area (Å²) in [7, 11) is 1.70. The summed E-state index contributed by atoms with van der Waals surface area (Å²) in [6, 6.07) is 15.9. The smallest absolute Gasteiger partial charge is 0.146 e. The van der Waals surface area contributed by atoms with Crippen molar-refractivity contribution in [1.29, 1.82) is 0 Å². The van der Waals surface area contributed by atoms with Gasteiger partial charge in [0.25, 0.3) is 0 Å². The second-order valence-electron chi connectivity index (χ2n) is 11.3. The lowest BCUT2D eigenvalue weighted by Gasteiger charge is -2.39. The molecule has 3 aromatic heterocycles. The molecule has 0 atom stereocenters. The molecule has 9 heteroatoms. The first-order chi connectivity index (χ1) is 20.2. The van der Waals surface area contributed by atoms with Crippen LogP contribution in [0.2, 0.25) is 0 Å². The van der Waals surface area contributed by atoms with E-state index < -0.39 is 0 Å². The minimum Gasteiger partial charge on any atom is -0.497 e. The van der Waals surface area contributed by atoms with Crippen molar-refractivity contribution in [2.24, 2.45) is 0 Å². The van der Waals surface area contributed by atoms with Crippen LogP contribution in [-0.4, -0.2) is 74.5 Å². The zero-order valence-corrected chi connectivity index (χ0v) is 23.8. The Morgan fingerprint density at radius 1 is 0.976 bits per heavy atom. The number of imidazole rings is 1. The van der Waals surface area contributed by atoms with E-state index in [9.17, 15) is 0 Å². The van der Waals surface area contributed by atoms with Crippen molar-refractivity contribution in [1.82, 2.24) is 29.0 Å². The number of hydrogen-bond acceptors (Lipinski definition) is 7. The zero-order valence-electron chi connectivity index (χ0n) is 23.8. The number of ether oxygens (including phenoxy) is 2. The fourth-order valence-electron chi connectivity index (χ4n) is 6.53. The molecule has 2 aliphatic rings. The number of rotatable bonds is 7. The lowest BCUT2D eigenvalue weighted by Crippen LogP contribution is -2.46. The molecule has 41 heavy (non-hydrogen) atoms. The number of methoxy groups -OCH3 is 1. The SMILES string of the molecule is COc1ccc(Cn2c3ccc(-n4cnc(C)c4)cc3c3c(NC4CCC(N5CCOCC5)CC4)ncnc32)cc1. The molecule has 0 amide bonds. The summed E-state index contributed by atoms with van der Waals surface area (Å²) < 4.78 is 15.3. The number of nitrogens with one attached hydrogen (secondary N) is 1. The van der Waals surface area contributed by atoms with E-state index in [1.54, 1.807) is 13.4 Å². The Labute approximate surface area is 240 Å². The number of fused-ring (bicyclic) bond motifs is 3. The van der Waals surface area contributed by atoms with Gasteiger partial charge in [0, 0.05) is 49.0 Å². The van der Waals surface area contributed by atoms with E-state index in [1.165, 1.54) is 18.4 Å². The van der Waals surface area contributed by atoms with Crippen LogP contribution in [0.25, 0.3) is 27.6 Å². The standard InChI is InChI=1S/C32H37N7O2/c1-22-18-38(21-35-22)26-9-12-29-28(17-26)30-31(36-24-5-7-25(8-6-24)37-13-15-41-16-14-37)33-20-34-32(30)39(29)19-23-3-10-27(40-2)11-4-23/h3-4,9-12,17-18,20-21,24-25H,5-8,13-16,19H2,1-2H3,(H,33,34,36). The van der Waals surface area contributed by atoms with Crippen LogP contribution in [0.15, 0.2) is 61.3 Å². The second kappa shape index (κ2) is 11.1. The molecule has 1 saturated carbocycles. The van der Waals surface area contributed by atoms with Crippen LogP contribution < -0.4 is 10.1 Å². The quantitative estimate of drug-likeness (QED) is 0.298. The Hall–Kier alpha value is -3.95. The lowest BCUT2D eigenvalue weighted by atomic mass is 9.90. The second-order valence-corrected chi connectivity index (χ2v) is 11.3. The van der Waals surface area contributed by atoms with Gasteiger partial charge in [-0.05, 0) is 68.5 Å². The maximum Gasteiger partial charge on any atom is 0.146 e. The van der Waals surface area contributed by atoms with Crippen molar-refractivity contribution < 1.29 is 9.47 Å². The summed E-state index contributed by atoms with van der Waals surface area (Å²) in [6.45, 7) is 6.55. The van der Waals surface area contributed by atoms with Crippen molar-refractivity contribution in [3.8, 4) is 11.4 Å². The van der Waals surface area contributed by atoms with Crippen molar-refractivity contribution in [3.63, 3.8) is 0 Å². The van der Waals surface area contributed by atoms with Gasteiger partial charge in [-0.25, -0.2) is 15.0 Å². The fraction of sp³-hybridized carbons (Fsp3) is 0.406. The number of nitrogens with zero attached hydrogens (tertiary/aromatic N) is 6. The first-order valence-corrected chi connectivity index (χ1v) is 14.7. The van der Waals surface area contributed by atoms with Gasteiger partial charge in [0.1, 0.15) is 23.5 Å². The van der Waals surface area contributed by atoms with Gasteiger partial charge in [-0.15, -0.1) is 0 Å². The topological polar surface area (TPSA) is 82.3 Å². The molecule has 1 N–H and O–H groups in total. The van der Waals surface area contributed by atoms with Gasteiger partial charge < -0.3 is 23.9 Å². The van der Waals surface area contributed by atoms with Gasteiger partial charge in [0.15, 0.2) is 0 Å². The van der Waals surface area contributed by atoms with E-state index in [0.717, 1.165) is 84.0 Å². The summed E-state index contributed by atoms with van der Waals surface area (Å²) in [5, 5.41) is 6.07. The van der Waals surface area contributed by atoms with Crippen molar-refractivity contribution in [2.45, 2.75) is 51.2 Å². The summed E-state index contributed by atoms with van der Waals surface area (Å²) in [6.07, 6.45) is 10.3. The van der Waals surface area contributed by atoms with E-state index in [-0.39, 0.29) is 0 Å². The zero-order chi connectivity index (χ0) is 27.8. The van der Waals surface area contributed by atoms with Crippen molar-refractivity contribution in [2.75, 3.05) is 38.7 Å². The third kappa shape index (κ3) is 5.15. The summed E-state index contributed by atoms with van der Waals surface area (Å²) in [5.74, 6) is 1.77.